The summed E-state index contributed by atoms with van der Waals surface area (Å²) < 4.78 is 30.7. The fourth-order valence-corrected chi connectivity index (χ4v) is 2.50. The van der Waals surface area contributed by atoms with Gasteiger partial charge in [0.15, 0.2) is 6.61 Å². The van der Waals surface area contributed by atoms with E-state index in [9.17, 15) is 22.8 Å². The van der Waals surface area contributed by atoms with Crippen molar-refractivity contribution < 1.29 is 27.5 Å². The van der Waals surface area contributed by atoms with E-state index in [1.54, 1.807) is 12.1 Å². The van der Waals surface area contributed by atoms with E-state index in [-0.39, 0.29) is 17.3 Å². The Morgan fingerprint density at radius 1 is 1.08 bits per heavy atom. The molecule has 0 aliphatic rings. The van der Waals surface area contributed by atoms with Crippen molar-refractivity contribution in [1.82, 2.24) is 14.9 Å². The van der Waals surface area contributed by atoms with Crippen LogP contribution < -0.4 is 10.0 Å². The monoisotopic (exact) mass is 371 g/mol. The summed E-state index contributed by atoms with van der Waals surface area (Å²) in [5.74, 6) is -1.89. The Kier molecular flexibility index (Phi) is 7.52. The second-order valence-electron chi connectivity index (χ2n) is 5.36. The maximum absolute atomic E-state index is 12.0. The fraction of sp³-hybridized carbons (Fsp3) is 0.400. The summed E-state index contributed by atoms with van der Waals surface area (Å²) in [5.41, 5.74) is 0.900. The molecule has 25 heavy (non-hydrogen) atoms. The largest absolute Gasteiger partial charge is 0.455 e. The molecule has 0 atom stereocenters. The first-order valence-corrected chi connectivity index (χ1v) is 8.79. The molecule has 0 aliphatic heterocycles. The summed E-state index contributed by atoms with van der Waals surface area (Å²) in [6, 6.07) is 6.09. The Morgan fingerprint density at radius 3 is 2.24 bits per heavy atom. The number of ether oxygens (including phenoxy) is 1. The molecule has 0 bridgehead atoms. The van der Waals surface area contributed by atoms with Gasteiger partial charge in [0.05, 0.1) is 11.4 Å². The second kappa shape index (κ2) is 9.14. The third-order valence-electron chi connectivity index (χ3n) is 3.04. The first-order valence-electron chi connectivity index (χ1n) is 7.30. The van der Waals surface area contributed by atoms with E-state index < -0.39 is 35.1 Å². The Balaban J connectivity index is 2.38. The number of nitrogens with one attached hydrogen (secondary N) is 2. The van der Waals surface area contributed by atoms with Crippen LogP contribution in [0.2, 0.25) is 0 Å². The van der Waals surface area contributed by atoms with Crippen molar-refractivity contribution in [3.8, 4) is 0 Å². The van der Waals surface area contributed by atoms with Crippen molar-refractivity contribution >= 4 is 27.8 Å². The van der Waals surface area contributed by atoms with Crippen LogP contribution in [0.1, 0.15) is 5.56 Å². The molecule has 1 aromatic carbocycles. The molecule has 0 spiro atoms. The molecular weight excluding hydrogens is 350 g/mol. The van der Waals surface area contributed by atoms with Crippen LogP contribution in [0.25, 0.3) is 0 Å². The van der Waals surface area contributed by atoms with Gasteiger partial charge in [-0.25, -0.2) is 8.42 Å². The summed E-state index contributed by atoms with van der Waals surface area (Å²) >= 11 is 0. The molecule has 0 saturated heterocycles. The number of nitrogens with zero attached hydrogens (tertiary/aromatic N) is 1. The number of sulfonamides is 1. The smallest absolute Gasteiger partial charge is 0.321 e. The van der Waals surface area contributed by atoms with Gasteiger partial charge in [0.2, 0.25) is 15.9 Å². The molecule has 0 aliphatic carbocycles. The number of carbonyl (C=O) groups is 3. The van der Waals surface area contributed by atoms with Crippen molar-refractivity contribution in [3.05, 3.63) is 29.8 Å². The summed E-state index contributed by atoms with van der Waals surface area (Å²) in [7, 11) is -0.770. The summed E-state index contributed by atoms with van der Waals surface area (Å²) in [6.45, 7) is 0.383. The number of esters is 1. The standard InChI is InChI=1S/C15H21N3O6S/c1-11-4-6-12(7-5-11)25(22,23)17-9-15(21)24-10-13(19)16-8-14(20)18(2)3/h4-7,17H,8-10H2,1-3H3,(H,16,19). The van der Waals surface area contributed by atoms with Crippen LogP contribution in [0.5, 0.6) is 0 Å². The van der Waals surface area contributed by atoms with Gasteiger partial charge in [-0.15, -0.1) is 0 Å². The summed E-state index contributed by atoms with van der Waals surface area (Å²) in [4.78, 5) is 35.6. The zero-order valence-electron chi connectivity index (χ0n) is 14.2. The van der Waals surface area contributed by atoms with Gasteiger partial charge in [-0.3, -0.25) is 14.4 Å². The van der Waals surface area contributed by atoms with Gasteiger partial charge in [0.1, 0.15) is 6.54 Å². The predicted molar refractivity (Wildman–Crippen MR) is 89.0 cm³/mol. The van der Waals surface area contributed by atoms with Gasteiger partial charge < -0.3 is 15.0 Å². The molecule has 0 unspecified atom stereocenters. The van der Waals surface area contributed by atoms with E-state index in [4.69, 9.17) is 0 Å². The van der Waals surface area contributed by atoms with Crippen molar-refractivity contribution in [2.24, 2.45) is 0 Å². The SMILES string of the molecule is Cc1ccc(S(=O)(=O)NCC(=O)OCC(=O)NCC(=O)N(C)C)cc1. The van der Waals surface area contributed by atoms with Crippen LogP contribution in [-0.2, 0) is 29.1 Å². The normalized spacial score (nSPS) is 10.8. The van der Waals surface area contributed by atoms with E-state index in [2.05, 4.69) is 14.8 Å². The molecule has 138 valence electrons. The van der Waals surface area contributed by atoms with Crippen LogP contribution >= 0.6 is 0 Å². The van der Waals surface area contributed by atoms with Crippen molar-refractivity contribution in [2.45, 2.75) is 11.8 Å². The minimum absolute atomic E-state index is 0.0193. The number of hydrogen-bond donors (Lipinski definition) is 2. The quantitative estimate of drug-likeness (QED) is 0.567. The molecule has 9 nitrogen and oxygen atoms in total. The highest BCUT2D eigenvalue weighted by Gasteiger charge is 2.16. The number of likely N-dealkylation sites (N-methyl/N-ethyl adjacent to an activating group) is 1. The minimum Gasteiger partial charge on any atom is -0.455 e. The van der Waals surface area contributed by atoms with Crippen LogP contribution in [0, 0.1) is 6.92 Å². The average molecular weight is 371 g/mol. The molecule has 0 aromatic heterocycles. The van der Waals surface area contributed by atoms with E-state index in [1.807, 2.05) is 6.92 Å². The molecule has 0 heterocycles. The van der Waals surface area contributed by atoms with Gasteiger partial charge >= 0.3 is 5.97 Å². The van der Waals surface area contributed by atoms with E-state index >= 15 is 0 Å². The first-order chi connectivity index (χ1) is 11.6. The predicted octanol–water partition coefficient (Wildman–Crippen LogP) is -0.979. The topological polar surface area (TPSA) is 122 Å². The zero-order chi connectivity index (χ0) is 19.0. The van der Waals surface area contributed by atoms with Crippen LogP contribution in [0.3, 0.4) is 0 Å². The van der Waals surface area contributed by atoms with E-state index in [0.29, 0.717) is 0 Å². The van der Waals surface area contributed by atoms with E-state index in [0.717, 1.165) is 5.56 Å². The average Bonchev–Trinajstić information content (AvgIpc) is 2.56. The Morgan fingerprint density at radius 2 is 1.68 bits per heavy atom. The lowest BCUT2D eigenvalue weighted by atomic mass is 10.2. The molecule has 1 rings (SSSR count). The molecule has 1 aromatic rings. The Bertz CT molecular complexity index is 728. The maximum atomic E-state index is 12.0. The van der Waals surface area contributed by atoms with Crippen molar-refractivity contribution in [2.75, 3.05) is 33.8 Å². The molecule has 0 fully saturated rings. The maximum Gasteiger partial charge on any atom is 0.321 e. The number of benzene rings is 1. The lowest BCUT2D eigenvalue weighted by Gasteiger charge is -2.11. The third kappa shape index (κ3) is 7.31. The van der Waals surface area contributed by atoms with Gasteiger partial charge in [-0.05, 0) is 19.1 Å². The van der Waals surface area contributed by atoms with Crippen molar-refractivity contribution in [3.63, 3.8) is 0 Å². The van der Waals surface area contributed by atoms with Crippen LogP contribution in [0.4, 0.5) is 0 Å². The molecule has 2 amide bonds. The van der Waals surface area contributed by atoms with E-state index in [1.165, 1.54) is 31.1 Å². The molecule has 0 radical (unpaired) electrons. The number of rotatable bonds is 8. The number of aryl methyl sites for hydroxylation is 1. The number of carbonyl (C=O) groups excluding carboxylic acids is 3. The first kappa shape index (κ1) is 20.6. The van der Waals surface area contributed by atoms with Gasteiger partial charge in [0, 0.05) is 14.1 Å². The van der Waals surface area contributed by atoms with Crippen molar-refractivity contribution in [1.29, 1.82) is 0 Å². The zero-order valence-corrected chi connectivity index (χ0v) is 15.1. The number of hydrogen-bond acceptors (Lipinski definition) is 6. The lowest BCUT2D eigenvalue weighted by Crippen LogP contribution is -2.39. The minimum atomic E-state index is -3.84. The van der Waals surface area contributed by atoms with Gasteiger partial charge in [-0.2, -0.15) is 4.72 Å². The lowest BCUT2D eigenvalue weighted by molar-refractivity contribution is -0.147. The number of amides is 2. The summed E-state index contributed by atoms with van der Waals surface area (Å²) in [6.07, 6.45) is 0. The molecule has 10 heteroatoms. The van der Waals surface area contributed by atoms with Crippen LogP contribution in [0.15, 0.2) is 29.2 Å². The fourth-order valence-electron chi connectivity index (χ4n) is 1.54. The molecule has 0 saturated carbocycles. The van der Waals surface area contributed by atoms with Gasteiger partial charge in [0.25, 0.3) is 5.91 Å². The highest BCUT2D eigenvalue weighted by atomic mass is 32.2. The summed E-state index contributed by atoms with van der Waals surface area (Å²) in [5, 5.41) is 2.28. The highest BCUT2D eigenvalue weighted by molar-refractivity contribution is 7.89. The molecule has 2 N–H and O–H groups in total. The highest BCUT2D eigenvalue weighted by Crippen LogP contribution is 2.09. The Labute approximate surface area is 146 Å². The van der Waals surface area contributed by atoms with Crippen LogP contribution in [-0.4, -0.2) is 64.9 Å². The second-order valence-corrected chi connectivity index (χ2v) is 7.13. The Hall–Kier alpha value is -2.46. The third-order valence-corrected chi connectivity index (χ3v) is 4.45. The van der Waals surface area contributed by atoms with Gasteiger partial charge in [-0.1, -0.05) is 17.7 Å². The molecular formula is C15H21N3O6S.